The van der Waals surface area contributed by atoms with Crippen molar-refractivity contribution in [1.29, 1.82) is 0 Å². The Labute approximate surface area is 107 Å². The largest absolute Gasteiger partial charge is 0.325 e. The van der Waals surface area contributed by atoms with Crippen molar-refractivity contribution in [2.24, 2.45) is 5.41 Å². The second-order valence-electron chi connectivity index (χ2n) is 4.98. The van der Waals surface area contributed by atoms with Crippen LogP contribution < -0.4 is 10.6 Å². The van der Waals surface area contributed by atoms with E-state index in [9.17, 15) is 9.18 Å². The van der Waals surface area contributed by atoms with Gasteiger partial charge >= 0.3 is 0 Å². The molecule has 0 spiro atoms. The summed E-state index contributed by atoms with van der Waals surface area (Å²) in [5.41, 5.74) is 0.769. The summed E-state index contributed by atoms with van der Waals surface area (Å²) in [6, 6.07) is 4.79. The van der Waals surface area contributed by atoms with Gasteiger partial charge in [0.25, 0.3) is 0 Å². The molecule has 1 aromatic carbocycles. The predicted octanol–water partition coefficient (Wildman–Crippen LogP) is 2.46. The molecule has 4 heteroatoms. The quantitative estimate of drug-likeness (QED) is 0.865. The molecular formula is C14H19FN2O. The molecule has 0 aliphatic carbocycles. The highest BCUT2D eigenvalue weighted by molar-refractivity contribution is 5.95. The van der Waals surface area contributed by atoms with Gasteiger partial charge in [0.1, 0.15) is 5.82 Å². The molecule has 0 bridgehead atoms. The number of halogens is 1. The van der Waals surface area contributed by atoms with Gasteiger partial charge in [-0.2, -0.15) is 0 Å². The van der Waals surface area contributed by atoms with Gasteiger partial charge in [-0.3, -0.25) is 4.79 Å². The van der Waals surface area contributed by atoms with E-state index in [0.717, 1.165) is 19.4 Å². The van der Waals surface area contributed by atoms with Crippen LogP contribution in [-0.4, -0.2) is 19.0 Å². The standard InChI is InChI=1S/C14H19FN2O/c1-3-14(6-7-16-9-14)13(18)17-11-5-4-10(2)12(15)8-11/h4-5,8,16H,3,6-7,9H2,1-2H3,(H,17,18). The van der Waals surface area contributed by atoms with E-state index in [1.807, 2.05) is 6.92 Å². The first kappa shape index (κ1) is 13.0. The molecule has 3 nitrogen and oxygen atoms in total. The Hall–Kier alpha value is -1.42. The zero-order valence-electron chi connectivity index (χ0n) is 10.8. The lowest BCUT2D eigenvalue weighted by molar-refractivity contribution is -0.124. The van der Waals surface area contributed by atoms with Gasteiger partial charge in [0.2, 0.25) is 5.91 Å². The zero-order valence-corrected chi connectivity index (χ0v) is 10.8. The molecular weight excluding hydrogens is 231 g/mol. The fourth-order valence-corrected chi connectivity index (χ4v) is 2.33. The van der Waals surface area contributed by atoms with Crippen LogP contribution in [-0.2, 0) is 4.79 Å². The maximum Gasteiger partial charge on any atom is 0.231 e. The van der Waals surface area contributed by atoms with Gasteiger partial charge in [0.15, 0.2) is 0 Å². The van der Waals surface area contributed by atoms with E-state index in [4.69, 9.17) is 0 Å². The summed E-state index contributed by atoms with van der Waals surface area (Å²) in [4.78, 5) is 12.3. The van der Waals surface area contributed by atoms with Crippen LogP contribution in [0, 0.1) is 18.2 Å². The lowest BCUT2D eigenvalue weighted by atomic mass is 9.83. The van der Waals surface area contributed by atoms with Crippen molar-refractivity contribution in [2.45, 2.75) is 26.7 Å². The molecule has 1 heterocycles. The Morgan fingerprint density at radius 3 is 2.89 bits per heavy atom. The topological polar surface area (TPSA) is 41.1 Å². The highest BCUT2D eigenvalue weighted by atomic mass is 19.1. The normalized spacial score (nSPS) is 23.1. The lowest BCUT2D eigenvalue weighted by Gasteiger charge is -2.25. The Bertz CT molecular complexity index is 453. The average Bonchev–Trinajstić information content (AvgIpc) is 2.84. The Morgan fingerprint density at radius 2 is 2.33 bits per heavy atom. The van der Waals surface area contributed by atoms with E-state index >= 15 is 0 Å². The maximum absolute atomic E-state index is 13.4. The molecule has 1 aliphatic heterocycles. The van der Waals surface area contributed by atoms with Crippen LogP contribution in [0.25, 0.3) is 0 Å². The molecule has 18 heavy (non-hydrogen) atoms. The molecule has 2 N–H and O–H groups in total. The number of hydrogen-bond donors (Lipinski definition) is 2. The molecule has 1 aliphatic rings. The van der Waals surface area contributed by atoms with Gasteiger partial charge in [-0.05, 0) is 44.0 Å². The summed E-state index contributed by atoms with van der Waals surface area (Å²) in [7, 11) is 0. The van der Waals surface area contributed by atoms with Crippen molar-refractivity contribution in [3.05, 3.63) is 29.6 Å². The molecule has 1 unspecified atom stereocenters. The Balaban J connectivity index is 2.13. The third-order valence-corrected chi connectivity index (χ3v) is 3.83. The summed E-state index contributed by atoms with van der Waals surface area (Å²) in [5.74, 6) is -0.304. The van der Waals surface area contributed by atoms with Crippen LogP contribution in [0.3, 0.4) is 0 Å². The molecule has 2 rings (SSSR count). The van der Waals surface area contributed by atoms with E-state index in [1.54, 1.807) is 19.1 Å². The monoisotopic (exact) mass is 250 g/mol. The SMILES string of the molecule is CCC1(C(=O)Nc2ccc(C)c(F)c2)CCNC1. The molecule has 0 aromatic heterocycles. The van der Waals surface area contributed by atoms with Gasteiger partial charge in [-0.25, -0.2) is 4.39 Å². The second-order valence-corrected chi connectivity index (χ2v) is 4.98. The van der Waals surface area contributed by atoms with Crippen LogP contribution in [0.2, 0.25) is 0 Å². The van der Waals surface area contributed by atoms with Crippen molar-refractivity contribution in [3.63, 3.8) is 0 Å². The number of anilines is 1. The molecule has 0 saturated carbocycles. The summed E-state index contributed by atoms with van der Waals surface area (Å²) >= 11 is 0. The number of aryl methyl sites for hydroxylation is 1. The van der Waals surface area contributed by atoms with E-state index in [1.165, 1.54) is 6.07 Å². The van der Waals surface area contributed by atoms with Crippen molar-refractivity contribution in [3.8, 4) is 0 Å². The number of hydrogen-bond acceptors (Lipinski definition) is 2. The van der Waals surface area contributed by atoms with Crippen molar-refractivity contribution < 1.29 is 9.18 Å². The third kappa shape index (κ3) is 2.38. The van der Waals surface area contributed by atoms with E-state index < -0.39 is 0 Å². The molecule has 1 amide bonds. The maximum atomic E-state index is 13.4. The third-order valence-electron chi connectivity index (χ3n) is 3.83. The predicted molar refractivity (Wildman–Crippen MR) is 70.0 cm³/mol. The Kier molecular flexibility index (Phi) is 3.66. The minimum Gasteiger partial charge on any atom is -0.325 e. The minimum atomic E-state index is -0.346. The number of carbonyl (C=O) groups excluding carboxylic acids is 1. The van der Waals surface area contributed by atoms with Crippen LogP contribution >= 0.6 is 0 Å². The number of rotatable bonds is 3. The highest BCUT2D eigenvalue weighted by Gasteiger charge is 2.39. The van der Waals surface area contributed by atoms with Gasteiger partial charge in [-0.1, -0.05) is 13.0 Å². The fourth-order valence-electron chi connectivity index (χ4n) is 2.33. The van der Waals surface area contributed by atoms with E-state index in [2.05, 4.69) is 10.6 Å². The molecule has 1 fully saturated rings. The van der Waals surface area contributed by atoms with E-state index in [-0.39, 0.29) is 17.1 Å². The molecule has 1 saturated heterocycles. The highest BCUT2D eigenvalue weighted by Crippen LogP contribution is 2.31. The molecule has 98 valence electrons. The minimum absolute atomic E-state index is 0.0155. The zero-order chi connectivity index (χ0) is 13.2. The van der Waals surface area contributed by atoms with Crippen molar-refractivity contribution in [2.75, 3.05) is 18.4 Å². The molecule has 0 radical (unpaired) electrons. The smallest absolute Gasteiger partial charge is 0.231 e. The van der Waals surface area contributed by atoms with Crippen molar-refractivity contribution in [1.82, 2.24) is 5.32 Å². The van der Waals surface area contributed by atoms with Crippen molar-refractivity contribution >= 4 is 11.6 Å². The second kappa shape index (κ2) is 5.06. The van der Waals surface area contributed by atoms with Crippen LogP contribution in [0.5, 0.6) is 0 Å². The van der Waals surface area contributed by atoms with E-state index in [0.29, 0.717) is 17.8 Å². The summed E-state index contributed by atoms with van der Waals surface area (Å²) in [6.45, 7) is 5.28. The first-order valence-corrected chi connectivity index (χ1v) is 6.36. The number of carbonyl (C=O) groups is 1. The van der Waals surface area contributed by atoms with Gasteiger partial charge in [0, 0.05) is 12.2 Å². The van der Waals surface area contributed by atoms with Crippen LogP contribution in [0.4, 0.5) is 10.1 Å². The molecule has 1 atom stereocenters. The van der Waals surface area contributed by atoms with Crippen LogP contribution in [0.15, 0.2) is 18.2 Å². The first-order chi connectivity index (χ1) is 8.57. The van der Waals surface area contributed by atoms with Gasteiger partial charge in [0.05, 0.1) is 5.41 Å². The summed E-state index contributed by atoms with van der Waals surface area (Å²) in [5, 5.41) is 6.04. The first-order valence-electron chi connectivity index (χ1n) is 6.36. The number of benzene rings is 1. The number of nitrogens with one attached hydrogen (secondary N) is 2. The van der Waals surface area contributed by atoms with Gasteiger partial charge < -0.3 is 10.6 Å². The fraction of sp³-hybridized carbons (Fsp3) is 0.500. The Morgan fingerprint density at radius 1 is 1.56 bits per heavy atom. The summed E-state index contributed by atoms with van der Waals surface area (Å²) in [6.07, 6.45) is 1.63. The number of amides is 1. The average molecular weight is 250 g/mol. The molecule has 1 aromatic rings. The summed E-state index contributed by atoms with van der Waals surface area (Å²) < 4.78 is 13.4. The lowest BCUT2D eigenvalue weighted by Crippen LogP contribution is -2.37. The van der Waals surface area contributed by atoms with Crippen LogP contribution in [0.1, 0.15) is 25.3 Å². The van der Waals surface area contributed by atoms with Gasteiger partial charge in [-0.15, -0.1) is 0 Å².